The molecule has 3 N–H and O–H groups in total. The Bertz CT molecular complexity index is 413. The first-order valence-corrected chi connectivity index (χ1v) is 5.76. The molecular formula is C12H18N4O. The van der Waals surface area contributed by atoms with Crippen LogP contribution in [-0.4, -0.2) is 42.0 Å². The van der Waals surface area contributed by atoms with Gasteiger partial charge >= 0.3 is 0 Å². The Hall–Kier alpha value is -1.62. The van der Waals surface area contributed by atoms with Crippen molar-refractivity contribution in [2.45, 2.75) is 24.9 Å². The molecule has 1 amide bonds. The summed E-state index contributed by atoms with van der Waals surface area (Å²) in [6.45, 7) is 0. The number of carbonyl (C=O) groups excluding carboxylic acids is 1. The van der Waals surface area contributed by atoms with Gasteiger partial charge in [-0.1, -0.05) is 0 Å². The number of amides is 1. The lowest BCUT2D eigenvalue weighted by Crippen LogP contribution is -2.44. The summed E-state index contributed by atoms with van der Waals surface area (Å²) in [6, 6.07) is 4.40. The lowest BCUT2D eigenvalue weighted by Gasteiger charge is -2.33. The summed E-state index contributed by atoms with van der Waals surface area (Å²) in [5, 5.41) is 3.35. The molecule has 0 saturated heterocycles. The summed E-state index contributed by atoms with van der Waals surface area (Å²) in [5.41, 5.74) is 7.12. The topological polar surface area (TPSA) is 71.2 Å². The fraction of sp³-hybridized carbons (Fsp3) is 0.500. The Morgan fingerprint density at radius 2 is 2.24 bits per heavy atom. The summed E-state index contributed by atoms with van der Waals surface area (Å²) < 4.78 is 0. The second-order valence-corrected chi connectivity index (χ2v) is 4.70. The van der Waals surface area contributed by atoms with Gasteiger partial charge in [0.05, 0.1) is 0 Å². The van der Waals surface area contributed by atoms with Crippen molar-refractivity contribution in [2.24, 2.45) is 5.73 Å². The summed E-state index contributed by atoms with van der Waals surface area (Å²) in [5.74, 6) is -0.0843. The summed E-state index contributed by atoms with van der Waals surface area (Å²) in [4.78, 5) is 17.3. The molecule has 0 radical (unpaired) electrons. The van der Waals surface area contributed by atoms with Gasteiger partial charge in [0.1, 0.15) is 5.69 Å². The molecule has 0 spiro atoms. The van der Waals surface area contributed by atoms with Crippen molar-refractivity contribution >= 4 is 11.6 Å². The van der Waals surface area contributed by atoms with Crippen LogP contribution >= 0.6 is 0 Å². The molecule has 2 rings (SSSR count). The third-order valence-corrected chi connectivity index (χ3v) is 2.93. The van der Waals surface area contributed by atoms with Crippen LogP contribution in [0.1, 0.15) is 23.3 Å². The Morgan fingerprint density at radius 1 is 1.53 bits per heavy atom. The predicted octanol–water partition coefficient (Wildman–Crippen LogP) is 0.685. The Morgan fingerprint density at radius 3 is 2.82 bits per heavy atom. The van der Waals surface area contributed by atoms with E-state index in [-0.39, 0.29) is 5.91 Å². The number of nitrogens with two attached hydrogens (primary N) is 1. The normalized spacial score (nSPS) is 22.8. The zero-order chi connectivity index (χ0) is 12.4. The highest BCUT2D eigenvalue weighted by Crippen LogP contribution is 2.22. The zero-order valence-electron chi connectivity index (χ0n) is 10.2. The molecule has 1 heterocycles. The van der Waals surface area contributed by atoms with Crippen LogP contribution in [0.2, 0.25) is 0 Å². The van der Waals surface area contributed by atoms with Gasteiger partial charge in [-0.2, -0.15) is 0 Å². The van der Waals surface area contributed by atoms with Gasteiger partial charge in [0.15, 0.2) is 0 Å². The van der Waals surface area contributed by atoms with Gasteiger partial charge in [0.25, 0.3) is 5.91 Å². The van der Waals surface area contributed by atoms with Crippen molar-refractivity contribution in [3.05, 3.63) is 24.0 Å². The number of anilines is 1. The molecule has 1 aromatic heterocycles. The molecule has 1 saturated carbocycles. The molecule has 0 unspecified atom stereocenters. The van der Waals surface area contributed by atoms with Gasteiger partial charge in [-0.25, -0.2) is 0 Å². The van der Waals surface area contributed by atoms with E-state index in [9.17, 15) is 4.79 Å². The zero-order valence-corrected chi connectivity index (χ0v) is 10.2. The van der Waals surface area contributed by atoms with Crippen LogP contribution in [0.5, 0.6) is 0 Å². The monoisotopic (exact) mass is 234 g/mol. The Balaban J connectivity index is 2.04. The minimum Gasteiger partial charge on any atom is -0.382 e. The van der Waals surface area contributed by atoms with Crippen LogP contribution < -0.4 is 11.1 Å². The lowest BCUT2D eigenvalue weighted by molar-refractivity contribution is 0.0822. The Labute approximate surface area is 101 Å². The van der Waals surface area contributed by atoms with Gasteiger partial charge in [0, 0.05) is 38.1 Å². The van der Waals surface area contributed by atoms with Crippen molar-refractivity contribution in [1.29, 1.82) is 0 Å². The number of pyridine rings is 1. The van der Waals surface area contributed by atoms with Gasteiger partial charge < -0.3 is 16.0 Å². The third kappa shape index (κ3) is 2.74. The van der Waals surface area contributed by atoms with E-state index in [1.165, 1.54) is 4.90 Å². The number of nitrogens with zero attached hydrogens (tertiary/aromatic N) is 2. The summed E-state index contributed by atoms with van der Waals surface area (Å²) in [6.07, 6.45) is 3.62. The molecule has 92 valence electrons. The van der Waals surface area contributed by atoms with Crippen LogP contribution in [-0.2, 0) is 0 Å². The number of carbonyl (C=O) groups is 1. The van der Waals surface area contributed by atoms with Crippen molar-refractivity contribution in [1.82, 2.24) is 9.88 Å². The highest BCUT2D eigenvalue weighted by atomic mass is 16.2. The molecule has 1 aromatic rings. The lowest BCUT2D eigenvalue weighted by atomic mass is 9.87. The molecule has 1 aliphatic rings. The SMILES string of the molecule is CN(C)C(=O)c1cc(NC2CC(N)C2)ccn1. The smallest absolute Gasteiger partial charge is 0.272 e. The van der Waals surface area contributed by atoms with Gasteiger partial charge in [-0.15, -0.1) is 0 Å². The summed E-state index contributed by atoms with van der Waals surface area (Å²) in [7, 11) is 3.43. The van der Waals surface area contributed by atoms with Crippen molar-refractivity contribution in [3.63, 3.8) is 0 Å². The first-order chi connectivity index (χ1) is 8.06. The number of hydrogen-bond acceptors (Lipinski definition) is 4. The van der Waals surface area contributed by atoms with Crippen LogP contribution in [0, 0.1) is 0 Å². The number of aromatic nitrogens is 1. The van der Waals surface area contributed by atoms with E-state index >= 15 is 0 Å². The predicted molar refractivity (Wildman–Crippen MR) is 66.9 cm³/mol. The van der Waals surface area contributed by atoms with E-state index in [1.54, 1.807) is 26.4 Å². The van der Waals surface area contributed by atoms with Crippen molar-refractivity contribution in [2.75, 3.05) is 19.4 Å². The van der Waals surface area contributed by atoms with Gasteiger partial charge in [0.2, 0.25) is 0 Å². The fourth-order valence-electron chi connectivity index (χ4n) is 1.88. The van der Waals surface area contributed by atoms with Crippen LogP contribution in [0.25, 0.3) is 0 Å². The Kier molecular flexibility index (Phi) is 3.28. The molecule has 5 heteroatoms. The average Bonchev–Trinajstić information content (AvgIpc) is 2.26. The van der Waals surface area contributed by atoms with Crippen LogP contribution in [0.3, 0.4) is 0 Å². The maximum atomic E-state index is 11.7. The van der Waals surface area contributed by atoms with Crippen molar-refractivity contribution < 1.29 is 4.79 Å². The van der Waals surface area contributed by atoms with Crippen LogP contribution in [0.4, 0.5) is 5.69 Å². The third-order valence-electron chi connectivity index (χ3n) is 2.93. The fourth-order valence-corrected chi connectivity index (χ4v) is 1.88. The molecule has 1 aliphatic carbocycles. The van der Waals surface area contributed by atoms with E-state index in [4.69, 9.17) is 5.73 Å². The molecule has 0 aliphatic heterocycles. The van der Waals surface area contributed by atoms with E-state index < -0.39 is 0 Å². The van der Waals surface area contributed by atoms with Gasteiger partial charge in [-0.05, 0) is 25.0 Å². The average molecular weight is 234 g/mol. The molecule has 0 bridgehead atoms. The molecule has 0 atom stereocenters. The quantitative estimate of drug-likeness (QED) is 0.807. The maximum absolute atomic E-state index is 11.7. The van der Waals surface area contributed by atoms with E-state index in [0.717, 1.165) is 18.5 Å². The number of nitrogens with one attached hydrogen (secondary N) is 1. The number of rotatable bonds is 3. The second kappa shape index (κ2) is 4.71. The molecule has 0 aromatic carbocycles. The molecule has 17 heavy (non-hydrogen) atoms. The van der Waals surface area contributed by atoms with Gasteiger partial charge in [-0.3, -0.25) is 9.78 Å². The van der Waals surface area contributed by atoms with E-state index in [1.807, 2.05) is 6.07 Å². The first kappa shape index (κ1) is 11.9. The standard InChI is InChI=1S/C12H18N4O/c1-16(2)12(17)11-7-9(3-4-14-11)15-10-5-8(13)6-10/h3-4,7-8,10H,5-6,13H2,1-2H3,(H,14,15). The minimum atomic E-state index is -0.0843. The maximum Gasteiger partial charge on any atom is 0.272 e. The molecular weight excluding hydrogens is 216 g/mol. The highest BCUT2D eigenvalue weighted by Gasteiger charge is 2.25. The first-order valence-electron chi connectivity index (χ1n) is 5.76. The molecule has 1 fully saturated rings. The van der Waals surface area contributed by atoms with E-state index in [0.29, 0.717) is 17.8 Å². The highest BCUT2D eigenvalue weighted by molar-refractivity contribution is 5.92. The second-order valence-electron chi connectivity index (χ2n) is 4.70. The van der Waals surface area contributed by atoms with Crippen LogP contribution in [0.15, 0.2) is 18.3 Å². The number of hydrogen-bond donors (Lipinski definition) is 2. The largest absolute Gasteiger partial charge is 0.382 e. The molecule has 5 nitrogen and oxygen atoms in total. The minimum absolute atomic E-state index is 0.0843. The van der Waals surface area contributed by atoms with Crippen molar-refractivity contribution in [3.8, 4) is 0 Å². The van der Waals surface area contributed by atoms with E-state index in [2.05, 4.69) is 10.3 Å². The summed E-state index contributed by atoms with van der Waals surface area (Å²) >= 11 is 0.